The van der Waals surface area contributed by atoms with Crippen molar-refractivity contribution < 1.29 is 0 Å². The molecule has 0 aliphatic carbocycles. The Morgan fingerprint density at radius 1 is 1.83 bits per heavy atom. The van der Waals surface area contributed by atoms with Gasteiger partial charge < -0.3 is 0 Å². The SMILES string of the molecule is CSC(C)C=P. The van der Waals surface area contributed by atoms with Gasteiger partial charge >= 0.3 is 0 Å². The van der Waals surface area contributed by atoms with Crippen molar-refractivity contribution in [3.63, 3.8) is 0 Å². The van der Waals surface area contributed by atoms with Gasteiger partial charge in [-0.05, 0) is 13.2 Å². The quantitative estimate of drug-likeness (QED) is 0.499. The molecule has 0 aromatic carbocycles. The second-order valence-corrected chi connectivity index (χ2v) is 2.66. The van der Waals surface area contributed by atoms with E-state index in [4.69, 9.17) is 0 Å². The lowest BCUT2D eigenvalue weighted by atomic mass is 10.6. The van der Waals surface area contributed by atoms with E-state index in [9.17, 15) is 0 Å². The second kappa shape index (κ2) is 3.70. The van der Waals surface area contributed by atoms with E-state index >= 15 is 0 Å². The lowest BCUT2D eigenvalue weighted by molar-refractivity contribution is 1.38. The predicted octanol–water partition coefficient (Wildman–Crippen LogP) is 1.68. The number of hydrogen-bond acceptors (Lipinski definition) is 1. The average Bonchev–Trinajstić information content (AvgIpc) is 1.65. The van der Waals surface area contributed by atoms with E-state index in [1.165, 1.54) is 0 Å². The van der Waals surface area contributed by atoms with Gasteiger partial charge in [-0.25, -0.2) is 0 Å². The average molecular weight is 120 g/mol. The van der Waals surface area contributed by atoms with Crippen molar-refractivity contribution in [2.24, 2.45) is 0 Å². The molecule has 2 heteroatoms. The minimum absolute atomic E-state index is 0.640. The fraction of sp³-hybridized carbons (Fsp3) is 0.750. The van der Waals surface area contributed by atoms with E-state index < -0.39 is 0 Å². The van der Waals surface area contributed by atoms with Crippen LogP contribution in [0.3, 0.4) is 0 Å². The molecule has 0 aromatic rings. The maximum atomic E-state index is 3.27. The Morgan fingerprint density at radius 3 is 2.33 bits per heavy atom. The molecule has 0 spiro atoms. The highest BCUT2D eigenvalue weighted by Crippen LogP contribution is 2.00. The van der Waals surface area contributed by atoms with Gasteiger partial charge in [0.15, 0.2) is 0 Å². The summed E-state index contributed by atoms with van der Waals surface area (Å²) in [5.74, 6) is 1.99. The van der Waals surface area contributed by atoms with Gasteiger partial charge in [-0.2, -0.15) is 11.8 Å². The smallest absolute Gasteiger partial charge is 0.0235 e. The molecule has 0 fully saturated rings. The highest BCUT2D eigenvalue weighted by molar-refractivity contribution is 8.00. The molecular formula is C4H9PS. The molecule has 0 heterocycles. The zero-order valence-corrected chi connectivity index (χ0v) is 5.88. The third-order valence-corrected chi connectivity index (χ3v) is 2.23. The normalized spacial score (nSPS) is 13.7. The van der Waals surface area contributed by atoms with E-state index in [2.05, 4.69) is 22.0 Å². The third-order valence-electron chi connectivity index (χ3n) is 0.606. The standard InChI is InChI=1S/C4H9PS/c1-4(3-5)6-2/h3-5H,1-2H3. The highest BCUT2D eigenvalue weighted by Gasteiger charge is 1.85. The van der Waals surface area contributed by atoms with Crippen LogP contribution in [0.1, 0.15) is 6.92 Å². The molecular weight excluding hydrogens is 111 g/mol. The maximum absolute atomic E-state index is 3.27. The minimum atomic E-state index is 0.640. The van der Waals surface area contributed by atoms with Gasteiger partial charge in [0.05, 0.1) is 0 Å². The predicted molar refractivity (Wildman–Crippen MR) is 37.4 cm³/mol. The fourth-order valence-electron chi connectivity index (χ4n) is 0.0680. The van der Waals surface area contributed by atoms with Crippen molar-refractivity contribution in [2.75, 3.05) is 6.26 Å². The Hall–Kier alpha value is 0.520. The zero-order chi connectivity index (χ0) is 4.99. The van der Waals surface area contributed by atoms with E-state index in [0.717, 1.165) is 0 Å². The van der Waals surface area contributed by atoms with Gasteiger partial charge in [-0.1, -0.05) is 5.80 Å². The summed E-state index contributed by atoms with van der Waals surface area (Å²) in [7, 11) is 3.27. The number of hydrogen-bond donors (Lipinski definition) is 0. The van der Waals surface area contributed by atoms with Gasteiger partial charge in [0, 0.05) is 5.25 Å². The summed E-state index contributed by atoms with van der Waals surface area (Å²) < 4.78 is 0. The molecule has 1 unspecified atom stereocenters. The Bertz CT molecular complexity index is 44.8. The lowest BCUT2D eigenvalue weighted by Crippen LogP contribution is -1.90. The molecule has 0 aromatic heterocycles. The summed E-state index contributed by atoms with van der Waals surface area (Å²) in [6.45, 7) is 2.14. The van der Waals surface area contributed by atoms with Crippen LogP contribution in [-0.4, -0.2) is 17.3 Å². The Kier molecular flexibility index (Phi) is 4.02. The minimum Gasteiger partial charge on any atom is -0.158 e. The zero-order valence-electron chi connectivity index (χ0n) is 4.06. The molecule has 0 bridgehead atoms. The van der Waals surface area contributed by atoms with E-state index in [1.807, 2.05) is 17.6 Å². The first-order valence-electron chi connectivity index (χ1n) is 1.84. The van der Waals surface area contributed by atoms with Gasteiger partial charge in [0.2, 0.25) is 0 Å². The van der Waals surface area contributed by atoms with Crippen molar-refractivity contribution in [1.29, 1.82) is 0 Å². The summed E-state index contributed by atoms with van der Waals surface area (Å²) >= 11 is 1.82. The van der Waals surface area contributed by atoms with E-state index in [1.54, 1.807) is 0 Å². The Labute approximate surface area is 45.5 Å². The van der Waals surface area contributed by atoms with Crippen LogP contribution in [-0.2, 0) is 0 Å². The second-order valence-electron chi connectivity index (χ2n) is 1.11. The van der Waals surface area contributed by atoms with Crippen LogP contribution in [0.2, 0.25) is 0 Å². The molecule has 6 heavy (non-hydrogen) atoms. The van der Waals surface area contributed by atoms with Crippen LogP contribution in [0.4, 0.5) is 0 Å². The van der Waals surface area contributed by atoms with Crippen molar-refractivity contribution >= 4 is 26.4 Å². The molecule has 0 amide bonds. The molecule has 0 nitrogen and oxygen atoms in total. The van der Waals surface area contributed by atoms with Crippen molar-refractivity contribution in [3.05, 3.63) is 0 Å². The molecule has 0 aliphatic rings. The molecule has 0 rings (SSSR count). The van der Waals surface area contributed by atoms with Crippen molar-refractivity contribution in [2.45, 2.75) is 12.2 Å². The summed E-state index contributed by atoms with van der Waals surface area (Å²) in [4.78, 5) is 0. The molecule has 1 atom stereocenters. The van der Waals surface area contributed by atoms with E-state index in [-0.39, 0.29) is 0 Å². The van der Waals surface area contributed by atoms with Gasteiger partial charge in [0.25, 0.3) is 0 Å². The summed E-state index contributed by atoms with van der Waals surface area (Å²) in [6, 6.07) is 0. The van der Waals surface area contributed by atoms with Crippen molar-refractivity contribution in [1.82, 2.24) is 0 Å². The van der Waals surface area contributed by atoms with Crippen LogP contribution >= 0.6 is 20.6 Å². The lowest BCUT2D eigenvalue weighted by Gasteiger charge is -1.93. The van der Waals surface area contributed by atoms with Crippen LogP contribution < -0.4 is 0 Å². The van der Waals surface area contributed by atoms with Crippen LogP contribution in [0.5, 0.6) is 0 Å². The van der Waals surface area contributed by atoms with E-state index in [0.29, 0.717) is 5.25 Å². The van der Waals surface area contributed by atoms with Crippen LogP contribution in [0.15, 0.2) is 0 Å². The molecule has 0 radical (unpaired) electrons. The van der Waals surface area contributed by atoms with Gasteiger partial charge in [0.1, 0.15) is 0 Å². The number of thioether (sulfide) groups is 1. The molecule has 36 valence electrons. The first-order chi connectivity index (χ1) is 2.81. The number of rotatable bonds is 2. The van der Waals surface area contributed by atoms with Crippen LogP contribution in [0.25, 0.3) is 0 Å². The molecule has 0 saturated carbocycles. The van der Waals surface area contributed by atoms with Crippen molar-refractivity contribution in [3.8, 4) is 0 Å². The summed E-state index contributed by atoms with van der Waals surface area (Å²) in [6.07, 6.45) is 2.08. The van der Waals surface area contributed by atoms with Gasteiger partial charge in [-0.15, -0.1) is 8.86 Å². The third kappa shape index (κ3) is 2.74. The molecule has 0 saturated heterocycles. The molecule has 0 N–H and O–H groups in total. The summed E-state index contributed by atoms with van der Waals surface area (Å²) in [5.41, 5.74) is 0. The highest BCUT2D eigenvalue weighted by atomic mass is 32.2. The Balaban J connectivity index is 2.96. The maximum Gasteiger partial charge on any atom is 0.0235 e. The fourth-order valence-corrected chi connectivity index (χ4v) is 0.612. The summed E-state index contributed by atoms with van der Waals surface area (Å²) in [5, 5.41) is 0.640. The Morgan fingerprint density at radius 2 is 2.33 bits per heavy atom. The molecule has 0 aliphatic heterocycles. The van der Waals surface area contributed by atoms with Crippen LogP contribution in [0, 0.1) is 0 Å². The monoisotopic (exact) mass is 120 g/mol. The first kappa shape index (κ1) is 6.52. The first-order valence-corrected chi connectivity index (χ1v) is 3.71. The van der Waals surface area contributed by atoms with Gasteiger partial charge in [-0.3, -0.25) is 0 Å². The topological polar surface area (TPSA) is 0 Å². The largest absolute Gasteiger partial charge is 0.158 e.